The van der Waals surface area contributed by atoms with Gasteiger partial charge in [-0.2, -0.15) is 0 Å². The number of rotatable bonds is 5. The standard InChI is InChI=1S/C26H27F2N5O/c1-29-14-16-2-5-23(21(28)10-16)32-8-6-18(7-9-32)33-15-26(12-19(33)13-26)25-30-22-4-3-17(27)11-20(22)24(34)31-25/h2-5,10-11,18-19H,1,6-9,12-15H2,(H,30,31,34). The molecule has 2 bridgehead atoms. The molecule has 176 valence electrons. The van der Waals surface area contributed by atoms with Gasteiger partial charge in [-0.15, -0.1) is 0 Å². The van der Waals surface area contributed by atoms with E-state index in [0.717, 1.165) is 56.7 Å². The van der Waals surface area contributed by atoms with Crippen LogP contribution in [0.25, 0.3) is 10.9 Å². The Morgan fingerprint density at radius 1 is 1.12 bits per heavy atom. The molecule has 34 heavy (non-hydrogen) atoms. The minimum absolute atomic E-state index is 0.134. The highest BCUT2D eigenvalue weighted by molar-refractivity contribution is 5.77. The molecule has 1 aromatic heterocycles. The number of H-pyrrole nitrogens is 1. The normalized spacial score (nSPS) is 25.0. The molecule has 7 rings (SSSR count). The van der Waals surface area contributed by atoms with Gasteiger partial charge in [-0.25, -0.2) is 13.8 Å². The first-order chi connectivity index (χ1) is 16.5. The SMILES string of the molecule is C=NCc1ccc(N2CCC(N3CC4(c5nc6ccc(F)cc6c(=O)[nH]5)CC3C4)CC2)c(F)c1. The maximum absolute atomic E-state index is 14.7. The van der Waals surface area contributed by atoms with Gasteiger partial charge < -0.3 is 9.88 Å². The molecule has 8 heteroatoms. The van der Waals surface area contributed by atoms with Crippen molar-refractivity contribution in [3.05, 3.63) is 69.8 Å². The summed E-state index contributed by atoms with van der Waals surface area (Å²) in [5, 5.41) is 0.291. The Balaban J connectivity index is 1.15. The van der Waals surface area contributed by atoms with Gasteiger partial charge in [-0.05, 0) is 68.3 Å². The lowest BCUT2D eigenvalue weighted by molar-refractivity contribution is 0.156. The summed E-state index contributed by atoms with van der Waals surface area (Å²) < 4.78 is 28.2. The molecule has 1 aliphatic carbocycles. The van der Waals surface area contributed by atoms with E-state index in [9.17, 15) is 13.6 Å². The van der Waals surface area contributed by atoms with Gasteiger partial charge in [0.1, 0.15) is 17.5 Å². The lowest BCUT2D eigenvalue weighted by Crippen LogP contribution is -2.46. The fourth-order valence-corrected chi connectivity index (χ4v) is 6.21. The number of hydrogen-bond donors (Lipinski definition) is 1. The minimum Gasteiger partial charge on any atom is -0.369 e. The molecule has 4 fully saturated rings. The number of halogens is 2. The number of fused-ring (bicyclic) bond motifs is 2. The van der Waals surface area contributed by atoms with Crippen LogP contribution in [-0.4, -0.2) is 53.3 Å². The predicted octanol–water partition coefficient (Wildman–Crippen LogP) is 3.79. The lowest BCUT2D eigenvalue weighted by atomic mass is 9.69. The van der Waals surface area contributed by atoms with Crippen LogP contribution in [0.4, 0.5) is 14.5 Å². The summed E-state index contributed by atoms with van der Waals surface area (Å²) >= 11 is 0. The molecule has 0 amide bonds. The molecule has 0 spiro atoms. The summed E-state index contributed by atoms with van der Waals surface area (Å²) in [6.07, 6.45) is 3.92. The number of benzene rings is 2. The van der Waals surface area contributed by atoms with E-state index in [1.807, 2.05) is 12.1 Å². The van der Waals surface area contributed by atoms with E-state index in [-0.39, 0.29) is 16.8 Å². The molecule has 1 N–H and O–H groups in total. The van der Waals surface area contributed by atoms with E-state index in [1.165, 1.54) is 12.1 Å². The van der Waals surface area contributed by atoms with Crippen LogP contribution < -0.4 is 10.5 Å². The van der Waals surface area contributed by atoms with E-state index < -0.39 is 5.82 Å². The molecule has 0 atom stereocenters. The fraction of sp³-hybridized carbons (Fsp3) is 0.423. The Bertz CT molecular complexity index is 1320. The number of aromatic amines is 1. The summed E-state index contributed by atoms with van der Waals surface area (Å²) in [4.78, 5) is 28.8. The molecule has 4 heterocycles. The number of anilines is 1. The van der Waals surface area contributed by atoms with Gasteiger partial charge in [0, 0.05) is 37.1 Å². The first-order valence-electron chi connectivity index (χ1n) is 11.9. The van der Waals surface area contributed by atoms with Crippen molar-refractivity contribution in [2.24, 2.45) is 4.99 Å². The van der Waals surface area contributed by atoms with Crippen molar-refractivity contribution in [2.75, 3.05) is 24.5 Å². The molecular weight excluding hydrogens is 436 g/mol. The quantitative estimate of drug-likeness (QED) is 0.585. The zero-order chi connectivity index (χ0) is 23.4. The first-order valence-corrected chi connectivity index (χ1v) is 11.9. The van der Waals surface area contributed by atoms with Crippen LogP contribution in [-0.2, 0) is 12.0 Å². The van der Waals surface area contributed by atoms with E-state index in [1.54, 1.807) is 12.1 Å². The third-order valence-corrected chi connectivity index (χ3v) is 7.96. The van der Waals surface area contributed by atoms with E-state index >= 15 is 0 Å². The Morgan fingerprint density at radius 3 is 2.65 bits per heavy atom. The van der Waals surface area contributed by atoms with E-state index in [4.69, 9.17) is 4.98 Å². The molecule has 0 radical (unpaired) electrons. The highest BCUT2D eigenvalue weighted by atomic mass is 19.1. The molecule has 4 aliphatic rings. The summed E-state index contributed by atoms with van der Waals surface area (Å²) in [7, 11) is 0. The van der Waals surface area contributed by atoms with Crippen molar-refractivity contribution in [3.8, 4) is 0 Å². The van der Waals surface area contributed by atoms with Crippen molar-refractivity contribution >= 4 is 23.3 Å². The lowest BCUT2D eigenvalue weighted by Gasteiger charge is -2.40. The fourth-order valence-electron chi connectivity index (χ4n) is 6.21. The summed E-state index contributed by atoms with van der Waals surface area (Å²) in [5.74, 6) is 0.0922. The van der Waals surface area contributed by atoms with E-state index in [0.29, 0.717) is 35.2 Å². The smallest absolute Gasteiger partial charge is 0.258 e. The number of nitrogens with zero attached hydrogens (tertiary/aromatic N) is 4. The summed E-state index contributed by atoms with van der Waals surface area (Å²) in [6, 6.07) is 10.4. The topological polar surface area (TPSA) is 64.6 Å². The average molecular weight is 464 g/mol. The zero-order valence-electron chi connectivity index (χ0n) is 18.9. The molecule has 6 nitrogen and oxygen atoms in total. The van der Waals surface area contributed by atoms with Crippen molar-refractivity contribution in [3.63, 3.8) is 0 Å². The maximum Gasteiger partial charge on any atom is 0.258 e. The second-order valence-corrected chi connectivity index (χ2v) is 9.98. The summed E-state index contributed by atoms with van der Waals surface area (Å²) in [5.41, 5.74) is 1.62. The van der Waals surface area contributed by atoms with Crippen molar-refractivity contribution in [1.82, 2.24) is 14.9 Å². The molecule has 3 aliphatic heterocycles. The van der Waals surface area contributed by atoms with Crippen LogP contribution >= 0.6 is 0 Å². The van der Waals surface area contributed by atoms with Crippen LogP contribution in [0, 0.1) is 11.6 Å². The highest BCUT2D eigenvalue weighted by Gasteiger charge is 2.59. The first kappa shape index (κ1) is 21.4. The Morgan fingerprint density at radius 2 is 1.91 bits per heavy atom. The van der Waals surface area contributed by atoms with Crippen molar-refractivity contribution < 1.29 is 8.78 Å². The molecular formula is C26H27F2N5O. The second-order valence-electron chi connectivity index (χ2n) is 9.98. The van der Waals surface area contributed by atoms with E-state index in [2.05, 4.69) is 26.5 Å². The van der Waals surface area contributed by atoms with Gasteiger partial charge in [-0.1, -0.05) is 6.07 Å². The third kappa shape index (κ3) is 3.43. The second kappa shape index (κ2) is 7.98. The molecule has 0 unspecified atom stereocenters. The maximum atomic E-state index is 14.7. The van der Waals surface area contributed by atoms with Gasteiger partial charge in [0.05, 0.1) is 23.1 Å². The minimum atomic E-state index is -0.433. The van der Waals surface area contributed by atoms with Gasteiger partial charge in [0.2, 0.25) is 0 Å². The van der Waals surface area contributed by atoms with Crippen molar-refractivity contribution in [1.29, 1.82) is 0 Å². The Kier molecular flexibility index (Phi) is 5.02. The van der Waals surface area contributed by atoms with Crippen molar-refractivity contribution in [2.45, 2.75) is 49.7 Å². The molecule has 1 saturated carbocycles. The van der Waals surface area contributed by atoms with Gasteiger partial charge in [0.25, 0.3) is 5.56 Å². The largest absolute Gasteiger partial charge is 0.369 e. The molecule has 2 aromatic carbocycles. The predicted molar refractivity (Wildman–Crippen MR) is 129 cm³/mol. The number of piperidine rings is 1. The van der Waals surface area contributed by atoms with Crippen LogP contribution in [0.5, 0.6) is 0 Å². The van der Waals surface area contributed by atoms with Gasteiger partial charge in [-0.3, -0.25) is 14.7 Å². The molecule has 3 aromatic rings. The van der Waals surface area contributed by atoms with Crippen LogP contribution in [0.3, 0.4) is 0 Å². The average Bonchev–Trinajstić information content (AvgIpc) is 3.38. The van der Waals surface area contributed by atoms with Gasteiger partial charge >= 0.3 is 0 Å². The zero-order valence-corrected chi connectivity index (χ0v) is 18.9. The van der Waals surface area contributed by atoms with Crippen LogP contribution in [0.15, 0.2) is 46.2 Å². The number of aromatic nitrogens is 2. The number of aliphatic imine (C=N–C) groups is 1. The van der Waals surface area contributed by atoms with Crippen LogP contribution in [0.1, 0.15) is 37.1 Å². The Labute approximate surface area is 196 Å². The summed E-state index contributed by atoms with van der Waals surface area (Å²) in [6.45, 7) is 6.39. The number of nitrogens with one attached hydrogen (secondary N) is 1. The van der Waals surface area contributed by atoms with Crippen LogP contribution in [0.2, 0.25) is 0 Å². The highest BCUT2D eigenvalue weighted by Crippen LogP contribution is 2.53. The molecule has 3 saturated heterocycles. The third-order valence-electron chi connectivity index (χ3n) is 7.96. The number of hydrogen-bond acceptors (Lipinski definition) is 5. The monoisotopic (exact) mass is 463 g/mol. The Hall–Kier alpha value is -3.13. The van der Waals surface area contributed by atoms with Gasteiger partial charge in [0.15, 0.2) is 0 Å².